The minimum absolute atomic E-state index is 0.115. The summed E-state index contributed by atoms with van der Waals surface area (Å²) >= 11 is 0. The Hall–Kier alpha value is -4.27. The van der Waals surface area contributed by atoms with E-state index in [0.717, 1.165) is 30.6 Å². The summed E-state index contributed by atoms with van der Waals surface area (Å²) in [6, 6.07) is 10.8. The number of aromatic nitrogens is 1. The molecule has 1 aliphatic heterocycles. The Labute approximate surface area is 202 Å². The molecule has 1 fully saturated rings. The number of rotatable bonds is 6. The predicted octanol–water partition coefficient (Wildman–Crippen LogP) is 4.38. The van der Waals surface area contributed by atoms with Crippen LogP contribution in [0.5, 0.6) is 5.75 Å². The van der Waals surface area contributed by atoms with Gasteiger partial charge in [-0.1, -0.05) is 12.1 Å². The third-order valence-corrected chi connectivity index (χ3v) is 5.76. The molecule has 0 aliphatic carbocycles. The van der Waals surface area contributed by atoms with Crippen LogP contribution in [0.2, 0.25) is 0 Å². The number of methoxy groups -OCH3 is 1. The molecule has 0 spiro atoms. The smallest absolute Gasteiger partial charge is 0.259 e. The van der Waals surface area contributed by atoms with E-state index in [1.165, 1.54) is 19.2 Å². The lowest BCUT2D eigenvalue weighted by atomic mass is 10.0. The number of hydrogen-bond donors (Lipinski definition) is 3. The van der Waals surface area contributed by atoms with E-state index in [-0.39, 0.29) is 28.4 Å². The molecule has 0 saturated carbocycles. The summed E-state index contributed by atoms with van der Waals surface area (Å²) in [5.41, 5.74) is 2.14. The molecule has 0 unspecified atom stereocenters. The van der Waals surface area contributed by atoms with Gasteiger partial charge in [-0.3, -0.25) is 15.0 Å². The first-order chi connectivity index (χ1) is 16.8. The quantitative estimate of drug-likeness (QED) is 0.362. The first kappa shape index (κ1) is 23.9. The molecule has 180 valence electrons. The molecule has 3 N–H and O–H groups in total. The van der Waals surface area contributed by atoms with Crippen LogP contribution in [0.3, 0.4) is 0 Å². The molecule has 35 heavy (non-hydrogen) atoms. The molecule has 4 rings (SSSR count). The van der Waals surface area contributed by atoms with Crippen LogP contribution in [0.1, 0.15) is 43.8 Å². The zero-order valence-corrected chi connectivity index (χ0v) is 19.7. The number of amides is 2. The molecule has 2 amide bonds. The number of carbonyl (C=O) groups is 2. The highest BCUT2D eigenvalue weighted by Gasteiger charge is 2.23. The van der Waals surface area contributed by atoms with Crippen molar-refractivity contribution in [3.05, 3.63) is 82.3 Å². The van der Waals surface area contributed by atoms with E-state index < -0.39 is 17.6 Å². The van der Waals surface area contributed by atoms with Crippen LogP contribution >= 0.6 is 0 Å². The van der Waals surface area contributed by atoms with Gasteiger partial charge in [0.2, 0.25) is 0 Å². The van der Waals surface area contributed by atoms with Crippen LogP contribution in [-0.4, -0.2) is 47.7 Å². The number of amidine groups is 1. The zero-order valence-electron chi connectivity index (χ0n) is 19.7. The monoisotopic (exact) mass is 475 g/mol. The average Bonchev–Trinajstić information content (AvgIpc) is 2.79. The lowest BCUT2D eigenvalue weighted by molar-refractivity contribution is 0.102. The van der Waals surface area contributed by atoms with Gasteiger partial charge < -0.3 is 20.3 Å². The van der Waals surface area contributed by atoms with Gasteiger partial charge in [0.05, 0.1) is 23.9 Å². The fourth-order valence-corrected chi connectivity index (χ4v) is 3.70. The lowest BCUT2D eigenvalue weighted by Gasteiger charge is -2.33. The van der Waals surface area contributed by atoms with Gasteiger partial charge in [-0.15, -0.1) is 0 Å². The Balaban J connectivity index is 1.61. The second-order valence-electron chi connectivity index (χ2n) is 8.40. The summed E-state index contributed by atoms with van der Waals surface area (Å²) in [6.45, 7) is 5.20. The van der Waals surface area contributed by atoms with Gasteiger partial charge in [0.25, 0.3) is 11.8 Å². The van der Waals surface area contributed by atoms with Crippen molar-refractivity contribution in [2.24, 2.45) is 0 Å². The molecular weight excluding hydrogens is 449 g/mol. The highest BCUT2D eigenvalue weighted by atomic mass is 19.1. The van der Waals surface area contributed by atoms with Gasteiger partial charge in [-0.25, -0.2) is 9.37 Å². The highest BCUT2D eigenvalue weighted by molar-refractivity contribution is 6.13. The maximum atomic E-state index is 14.9. The maximum Gasteiger partial charge on any atom is 0.259 e. The van der Waals surface area contributed by atoms with Gasteiger partial charge in [0, 0.05) is 24.8 Å². The Kier molecular flexibility index (Phi) is 6.77. The van der Waals surface area contributed by atoms with Crippen molar-refractivity contribution in [2.45, 2.75) is 20.3 Å². The largest absolute Gasteiger partial charge is 0.495 e. The summed E-state index contributed by atoms with van der Waals surface area (Å²) in [5.74, 6) is -1.16. The van der Waals surface area contributed by atoms with Crippen LogP contribution in [0.4, 0.5) is 15.9 Å². The molecular formula is C26H26FN5O3. The summed E-state index contributed by atoms with van der Waals surface area (Å²) in [4.78, 5) is 32.1. The Morgan fingerprint density at radius 3 is 2.34 bits per heavy atom. The molecule has 8 nitrogen and oxygen atoms in total. The molecule has 3 aromatic rings. The second kappa shape index (κ2) is 9.92. The third-order valence-electron chi connectivity index (χ3n) is 5.76. The average molecular weight is 476 g/mol. The number of aryl methyl sites for hydroxylation is 2. The Morgan fingerprint density at radius 1 is 1.00 bits per heavy atom. The van der Waals surface area contributed by atoms with Crippen molar-refractivity contribution in [3.63, 3.8) is 0 Å². The van der Waals surface area contributed by atoms with Gasteiger partial charge in [0.15, 0.2) is 0 Å². The van der Waals surface area contributed by atoms with E-state index in [1.807, 2.05) is 17.9 Å². The van der Waals surface area contributed by atoms with Crippen molar-refractivity contribution in [3.8, 4) is 5.75 Å². The number of nitrogens with zero attached hydrogens (tertiary/aromatic N) is 2. The standard InChI is InChI=1S/C26H26FN5O3/c1-15-5-8-22(29-14-15)30-26(34)19-11-16(2)12-21(35-3)23(19)31-25(33)18-7-6-17(13-20(18)27)24(28)32-9-4-10-32/h5-8,11-14,28H,4,9-10H2,1-3H3,(H,31,33)(H,29,30,34). The van der Waals surface area contributed by atoms with Crippen molar-refractivity contribution >= 4 is 29.2 Å². The molecule has 1 aliphatic rings. The third kappa shape index (κ3) is 5.13. The van der Waals surface area contributed by atoms with Gasteiger partial charge in [0.1, 0.15) is 23.2 Å². The fraction of sp³-hybridized carbons (Fsp3) is 0.231. The molecule has 2 aromatic carbocycles. The summed E-state index contributed by atoms with van der Waals surface area (Å²) in [5, 5.41) is 13.5. The van der Waals surface area contributed by atoms with Crippen LogP contribution < -0.4 is 15.4 Å². The Bertz CT molecular complexity index is 1300. The maximum absolute atomic E-state index is 14.9. The molecule has 0 radical (unpaired) electrons. The second-order valence-corrected chi connectivity index (χ2v) is 8.40. The molecule has 9 heteroatoms. The normalized spacial score (nSPS) is 12.5. The number of hydrogen-bond acceptors (Lipinski definition) is 5. The van der Waals surface area contributed by atoms with E-state index in [9.17, 15) is 14.0 Å². The van der Waals surface area contributed by atoms with Crippen LogP contribution in [0, 0.1) is 25.1 Å². The number of ether oxygens (including phenoxy) is 1. The van der Waals surface area contributed by atoms with E-state index in [2.05, 4.69) is 15.6 Å². The number of anilines is 2. The van der Waals surface area contributed by atoms with E-state index >= 15 is 0 Å². The number of halogens is 1. The molecule has 1 saturated heterocycles. The molecule has 0 atom stereocenters. The van der Waals surface area contributed by atoms with Crippen LogP contribution in [0.25, 0.3) is 0 Å². The van der Waals surface area contributed by atoms with Crippen molar-refractivity contribution in [2.75, 3.05) is 30.8 Å². The van der Waals surface area contributed by atoms with Crippen LogP contribution in [-0.2, 0) is 0 Å². The minimum atomic E-state index is -0.758. The fourth-order valence-electron chi connectivity index (χ4n) is 3.70. The highest BCUT2D eigenvalue weighted by Crippen LogP contribution is 2.32. The van der Waals surface area contributed by atoms with Crippen molar-refractivity contribution in [1.29, 1.82) is 5.41 Å². The molecule has 0 bridgehead atoms. The van der Waals surface area contributed by atoms with E-state index in [0.29, 0.717) is 11.4 Å². The topological polar surface area (TPSA) is 107 Å². The Morgan fingerprint density at radius 2 is 1.74 bits per heavy atom. The summed E-state index contributed by atoms with van der Waals surface area (Å²) in [6.07, 6.45) is 2.63. The van der Waals surface area contributed by atoms with Gasteiger partial charge in [-0.2, -0.15) is 0 Å². The van der Waals surface area contributed by atoms with E-state index in [4.69, 9.17) is 10.1 Å². The van der Waals surface area contributed by atoms with Crippen LogP contribution in [0.15, 0.2) is 48.7 Å². The summed E-state index contributed by atoms with van der Waals surface area (Å²) in [7, 11) is 1.42. The van der Waals surface area contributed by atoms with Gasteiger partial charge >= 0.3 is 0 Å². The van der Waals surface area contributed by atoms with E-state index in [1.54, 1.807) is 37.4 Å². The molecule has 1 aromatic heterocycles. The number of benzene rings is 2. The number of likely N-dealkylation sites (tertiary alicyclic amines) is 1. The number of carbonyl (C=O) groups excluding carboxylic acids is 2. The first-order valence-electron chi connectivity index (χ1n) is 11.1. The lowest BCUT2D eigenvalue weighted by Crippen LogP contribution is -2.42. The predicted molar refractivity (Wildman–Crippen MR) is 132 cm³/mol. The van der Waals surface area contributed by atoms with Crippen molar-refractivity contribution in [1.82, 2.24) is 9.88 Å². The zero-order chi connectivity index (χ0) is 25.1. The number of nitrogens with one attached hydrogen (secondary N) is 3. The van der Waals surface area contributed by atoms with Gasteiger partial charge in [-0.05, 0) is 61.7 Å². The molecule has 2 heterocycles. The summed E-state index contributed by atoms with van der Waals surface area (Å²) < 4.78 is 20.3. The minimum Gasteiger partial charge on any atom is -0.495 e. The van der Waals surface area contributed by atoms with Crippen molar-refractivity contribution < 1.29 is 18.7 Å². The number of pyridine rings is 1. The SMILES string of the molecule is COc1cc(C)cc(C(=O)Nc2ccc(C)cn2)c1NC(=O)c1ccc(C(=N)N2CCC2)cc1F. The first-order valence-corrected chi connectivity index (χ1v) is 11.1.